The van der Waals surface area contributed by atoms with Gasteiger partial charge < -0.3 is 9.84 Å². The fourth-order valence-electron chi connectivity index (χ4n) is 2.32. The number of hydrogen-bond acceptors (Lipinski definition) is 3. The van der Waals surface area contributed by atoms with E-state index in [0.29, 0.717) is 16.3 Å². The summed E-state index contributed by atoms with van der Waals surface area (Å²) in [6.45, 7) is 0.0732. The molecule has 0 amide bonds. The first-order valence-electron chi connectivity index (χ1n) is 6.74. The van der Waals surface area contributed by atoms with E-state index in [9.17, 15) is 5.11 Å². The SMILES string of the molecule is OC(COc1ccc(Cl)cc1)(c1cccnc1)C1(Cl)CC1. The first-order valence-corrected chi connectivity index (χ1v) is 7.49. The van der Waals surface area contributed by atoms with E-state index in [1.165, 1.54) is 0 Å². The monoisotopic (exact) mass is 323 g/mol. The normalized spacial score (nSPS) is 18.8. The maximum atomic E-state index is 11.1. The minimum atomic E-state index is -1.26. The Morgan fingerprint density at radius 2 is 1.95 bits per heavy atom. The number of nitrogens with zero attached hydrogens (tertiary/aromatic N) is 1. The van der Waals surface area contributed by atoms with Gasteiger partial charge in [-0.05, 0) is 43.2 Å². The smallest absolute Gasteiger partial charge is 0.144 e. The third kappa shape index (κ3) is 2.86. The highest BCUT2D eigenvalue weighted by molar-refractivity contribution is 6.30. The standard InChI is InChI=1S/C16H15Cl2NO2/c17-13-3-5-14(6-4-13)21-11-16(20,15(18)7-8-15)12-2-1-9-19-10-12/h1-6,9-10,20H,7-8,11H2. The van der Waals surface area contributed by atoms with Crippen molar-refractivity contribution in [3.8, 4) is 5.75 Å². The van der Waals surface area contributed by atoms with Gasteiger partial charge in [0.2, 0.25) is 0 Å². The lowest BCUT2D eigenvalue weighted by Crippen LogP contribution is -2.43. The topological polar surface area (TPSA) is 42.4 Å². The van der Waals surface area contributed by atoms with Crippen LogP contribution in [-0.4, -0.2) is 21.6 Å². The van der Waals surface area contributed by atoms with Gasteiger partial charge in [-0.2, -0.15) is 0 Å². The second-order valence-corrected chi connectivity index (χ2v) is 6.47. The van der Waals surface area contributed by atoms with Crippen molar-refractivity contribution in [1.29, 1.82) is 0 Å². The predicted molar refractivity (Wildman–Crippen MR) is 82.9 cm³/mol. The highest BCUT2D eigenvalue weighted by atomic mass is 35.5. The third-order valence-corrected chi connectivity index (χ3v) is 4.77. The summed E-state index contributed by atoms with van der Waals surface area (Å²) in [7, 11) is 0. The molecular weight excluding hydrogens is 309 g/mol. The number of aliphatic hydroxyl groups is 1. The fraction of sp³-hybridized carbons (Fsp3) is 0.312. The van der Waals surface area contributed by atoms with Gasteiger partial charge >= 0.3 is 0 Å². The Balaban J connectivity index is 1.82. The lowest BCUT2D eigenvalue weighted by Gasteiger charge is -2.33. The lowest BCUT2D eigenvalue weighted by atomic mass is 9.90. The van der Waals surface area contributed by atoms with Crippen molar-refractivity contribution in [1.82, 2.24) is 4.98 Å². The second kappa shape index (κ2) is 5.48. The minimum absolute atomic E-state index is 0.0732. The number of pyridine rings is 1. The number of hydrogen-bond donors (Lipinski definition) is 1. The van der Waals surface area contributed by atoms with Gasteiger partial charge in [-0.25, -0.2) is 0 Å². The molecule has 1 aliphatic carbocycles. The zero-order valence-corrected chi connectivity index (χ0v) is 12.8. The zero-order valence-electron chi connectivity index (χ0n) is 11.3. The van der Waals surface area contributed by atoms with Crippen LogP contribution in [0.1, 0.15) is 18.4 Å². The Bertz CT molecular complexity index is 614. The van der Waals surface area contributed by atoms with Crippen LogP contribution in [-0.2, 0) is 5.60 Å². The molecule has 3 nitrogen and oxygen atoms in total. The van der Waals surface area contributed by atoms with Gasteiger partial charge in [0.25, 0.3) is 0 Å². The maximum Gasteiger partial charge on any atom is 0.144 e. The van der Waals surface area contributed by atoms with Crippen LogP contribution in [0.15, 0.2) is 48.8 Å². The number of benzene rings is 1. The van der Waals surface area contributed by atoms with E-state index < -0.39 is 10.5 Å². The summed E-state index contributed by atoms with van der Waals surface area (Å²) in [6, 6.07) is 10.6. The molecule has 21 heavy (non-hydrogen) atoms. The van der Waals surface area contributed by atoms with Gasteiger partial charge in [0, 0.05) is 23.0 Å². The van der Waals surface area contributed by atoms with Gasteiger partial charge in [-0.3, -0.25) is 4.98 Å². The van der Waals surface area contributed by atoms with E-state index in [2.05, 4.69) is 4.98 Å². The highest BCUT2D eigenvalue weighted by Gasteiger charge is 2.59. The zero-order chi connectivity index (χ0) is 14.9. The van der Waals surface area contributed by atoms with Crippen molar-refractivity contribution in [3.05, 3.63) is 59.4 Å². The number of rotatable bonds is 5. The van der Waals surface area contributed by atoms with Gasteiger partial charge in [-0.15, -0.1) is 11.6 Å². The summed E-state index contributed by atoms with van der Waals surface area (Å²) in [5.74, 6) is 0.641. The Kier molecular flexibility index (Phi) is 3.82. The summed E-state index contributed by atoms with van der Waals surface area (Å²) in [5, 5.41) is 11.7. The Morgan fingerprint density at radius 3 is 2.52 bits per heavy atom. The molecule has 1 N–H and O–H groups in total. The highest BCUT2D eigenvalue weighted by Crippen LogP contribution is 2.55. The molecule has 0 radical (unpaired) electrons. The molecule has 2 aromatic rings. The van der Waals surface area contributed by atoms with Crippen LogP contribution in [0.3, 0.4) is 0 Å². The van der Waals surface area contributed by atoms with Crippen LogP contribution < -0.4 is 4.74 Å². The number of aromatic nitrogens is 1. The molecule has 3 rings (SSSR count). The number of ether oxygens (including phenoxy) is 1. The first-order chi connectivity index (χ1) is 10.0. The summed E-state index contributed by atoms with van der Waals surface area (Å²) in [6.07, 6.45) is 4.80. The van der Waals surface area contributed by atoms with Gasteiger partial charge in [0.05, 0.1) is 4.87 Å². The summed E-state index contributed by atoms with van der Waals surface area (Å²) >= 11 is 12.3. The molecule has 5 heteroatoms. The van der Waals surface area contributed by atoms with Crippen LogP contribution in [0.2, 0.25) is 5.02 Å². The van der Waals surface area contributed by atoms with E-state index in [1.807, 2.05) is 6.07 Å². The molecule has 1 atom stereocenters. The third-order valence-electron chi connectivity index (χ3n) is 3.83. The second-order valence-electron chi connectivity index (χ2n) is 5.31. The Labute approximate surface area is 133 Å². The van der Waals surface area contributed by atoms with Crippen molar-refractivity contribution < 1.29 is 9.84 Å². The van der Waals surface area contributed by atoms with Gasteiger partial charge in [0.15, 0.2) is 0 Å². The van der Waals surface area contributed by atoms with Crippen molar-refractivity contribution in [2.24, 2.45) is 0 Å². The van der Waals surface area contributed by atoms with Crippen molar-refractivity contribution >= 4 is 23.2 Å². The molecule has 1 aliphatic rings. The Hall–Kier alpha value is -1.29. The van der Waals surface area contributed by atoms with E-state index in [0.717, 1.165) is 12.8 Å². The molecule has 1 unspecified atom stereocenters. The molecular formula is C16H15Cl2NO2. The quantitative estimate of drug-likeness (QED) is 0.851. The van der Waals surface area contributed by atoms with Crippen LogP contribution in [0.4, 0.5) is 0 Å². The maximum absolute atomic E-state index is 11.1. The van der Waals surface area contributed by atoms with E-state index in [4.69, 9.17) is 27.9 Å². The van der Waals surface area contributed by atoms with Crippen molar-refractivity contribution in [3.63, 3.8) is 0 Å². The molecule has 110 valence electrons. The minimum Gasteiger partial charge on any atom is -0.490 e. The van der Waals surface area contributed by atoms with Crippen molar-refractivity contribution in [2.45, 2.75) is 23.3 Å². The molecule has 0 aliphatic heterocycles. The van der Waals surface area contributed by atoms with Gasteiger partial charge in [-0.1, -0.05) is 17.7 Å². The van der Waals surface area contributed by atoms with Crippen LogP contribution in [0, 0.1) is 0 Å². The van der Waals surface area contributed by atoms with E-state index in [1.54, 1.807) is 42.7 Å². The summed E-state index contributed by atoms with van der Waals surface area (Å²) in [4.78, 5) is 3.39. The molecule has 1 aromatic heterocycles. The average Bonchev–Trinajstić information content (AvgIpc) is 3.27. The largest absolute Gasteiger partial charge is 0.490 e. The molecule has 0 bridgehead atoms. The predicted octanol–water partition coefficient (Wildman–Crippen LogP) is 3.77. The van der Waals surface area contributed by atoms with Crippen molar-refractivity contribution in [2.75, 3.05) is 6.61 Å². The van der Waals surface area contributed by atoms with Crippen LogP contribution in [0.25, 0.3) is 0 Å². The number of halogens is 2. The molecule has 1 fully saturated rings. The number of alkyl halides is 1. The molecule has 0 saturated heterocycles. The molecule has 1 saturated carbocycles. The van der Waals surface area contributed by atoms with Crippen LogP contribution >= 0.6 is 23.2 Å². The van der Waals surface area contributed by atoms with Crippen LogP contribution in [0.5, 0.6) is 5.75 Å². The van der Waals surface area contributed by atoms with E-state index in [-0.39, 0.29) is 6.61 Å². The van der Waals surface area contributed by atoms with E-state index >= 15 is 0 Å². The fourth-order valence-corrected chi connectivity index (χ4v) is 2.70. The molecule has 1 heterocycles. The first kappa shape index (κ1) is 14.6. The van der Waals surface area contributed by atoms with Gasteiger partial charge in [0.1, 0.15) is 18.0 Å². The summed E-state index contributed by atoms with van der Waals surface area (Å²) in [5.41, 5.74) is -0.589. The Morgan fingerprint density at radius 1 is 1.24 bits per heavy atom. The molecule has 1 aromatic carbocycles. The lowest BCUT2D eigenvalue weighted by molar-refractivity contribution is -0.0205. The molecule has 0 spiro atoms. The summed E-state index contributed by atoms with van der Waals surface area (Å²) < 4.78 is 5.73. The average molecular weight is 324 g/mol.